The van der Waals surface area contributed by atoms with Crippen molar-refractivity contribution in [3.05, 3.63) is 40.2 Å². The van der Waals surface area contributed by atoms with Gasteiger partial charge in [-0.2, -0.15) is 0 Å². The molecule has 3 rings (SSSR count). The number of likely N-dealkylation sites (tertiary alicyclic amines) is 1. The molecule has 0 amide bonds. The molecule has 7 heteroatoms. The first kappa shape index (κ1) is 18.9. The fourth-order valence-corrected chi connectivity index (χ4v) is 4.08. The highest BCUT2D eigenvalue weighted by molar-refractivity contribution is 7.09. The molecule has 0 aliphatic carbocycles. The van der Waals surface area contributed by atoms with Crippen molar-refractivity contribution < 1.29 is 4.42 Å². The summed E-state index contributed by atoms with van der Waals surface area (Å²) in [6.45, 7) is 8.03. The lowest BCUT2D eigenvalue weighted by molar-refractivity contribution is 0.215. The number of guanidine groups is 1. The van der Waals surface area contributed by atoms with E-state index < -0.39 is 0 Å². The summed E-state index contributed by atoms with van der Waals surface area (Å²) in [4.78, 5) is 11.5. The quantitative estimate of drug-likeness (QED) is 0.574. The highest BCUT2D eigenvalue weighted by Crippen LogP contribution is 2.24. The van der Waals surface area contributed by atoms with Gasteiger partial charge in [-0.25, -0.2) is 4.98 Å². The van der Waals surface area contributed by atoms with Crippen molar-refractivity contribution in [1.82, 2.24) is 20.5 Å². The number of hydrogen-bond donors (Lipinski definition) is 2. The second-order valence-electron chi connectivity index (χ2n) is 6.90. The van der Waals surface area contributed by atoms with Crippen LogP contribution >= 0.6 is 11.3 Å². The Balaban J connectivity index is 1.54. The minimum atomic E-state index is 0.235. The highest BCUT2D eigenvalue weighted by Gasteiger charge is 2.25. The molecule has 1 saturated heterocycles. The van der Waals surface area contributed by atoms with E-state index in [-0.39, 0.29) is 6.04 Å². The second kappa shape index (κ2) is 9.19. The summed E-state index contributed by atoms with van der Waals surface area (Å²) in [5, 5.41) is 10.0. The van der Waals surface area contributed by atoms with Gasteiger partial charge in [0.2, 0.25) is 0 Å². The van der Waals surface area contributed by atoms with Gasteiger partial charge >= 0.3 is 0 Å². The van der Waals surface area contributed by atoms with Gasteiger partial charge in [-0.3, -0.25) is 9.89 Å². The molecule has 0 bridgehead atoms. The summed E-state index contributed by atoms with van der Waals surface area (Å²) < 4.78 is 5.68. The first-order chi connectivity index (χ1) is 12.7. The molecular weight excluding hydrogens is 346 g/mol. The van der Waals surface area contributed by atoms with E-state index in [4.69, 9.17) is 4.42 Å². The van der Waals surface area contributed by atoms with E-state index in [1.165, 1.54) is 12.8 Å². The van der Waals surface area contributed by atoms with Crippen LogP contribution < -0.4 is 10.6 Å². The van der Waals surface area contributed by atoms with E-state index in [0.717, 1.165) is 42.1 Å². The summed E-state index contributed by atoms with van der Waals surface area (Å²) in [6.07, 6.45) is 4.26. The highest BCUT2D eigenvalue weighted by atomic mass is 32.1. The average molecular weight is 376 g/mol. The smallest absolute Gasteiger partial charge is 0.191 e. The SMILES string of the molecule is CN=C(NCc1nc(C(C)C)cs1)NCC(c1ccco1)N1CCCC1. The lowest BCUT2D eigenvalue weighted by Crippen LogP contribution is -2.42. The zero-order valence-corrected chi connectivity index (χ0v) is 16.7. The third-order valence-electron chi connectivity index (χ3n) is 4.71. The molecule has 26 heavy (non-hydrogen) atoms. The van der Waals surface area contributed by atoms with Gasteiger partial charge in [0.05, 0.1) is 24.5 Å². The van der Waals surface area contributed by atoms with Gasteiger partial charge in [0.25, 0.3) is 0 Å². The van der Waals surface area contributed by atoms with Crippen LogP contribution in [0, 0.1) is 0 Å². The maximum absolute atomic E-state index is 5.68. The van der Waals surface area contributed by atoms with Crippen molar-refractivity contribution in [1.29, 1.82) is 0 Å². The number of nitrogens with zero attached hydrogens (tertiary/aromatic N) is 3. The molecule has 0 radical (unpaired) electrons. The van der Waals surface area contributed by atoms with Crippen molar-refractivity contribution >= 4 is 17.3 Å². The normalized spacial score (nSPS) is 17.0. The van der Waals surface area contributed by atoms with Gasteiger partial charge in [-0.05, 0) is 44.0 Å². The zero-order valence-electron chi connectivity index (χ0n) is 15.9. The molecule has 1 atom stereocenters. The van der Waals surface area contributed by atoms with Crippen LogP contribution in [-0.4, -0.2) is 42.5 Å². The molecule has 3 heterocycles. The van der Waals surface area contributed by atoms with E-state index in [9.17, 15) is 0 Å². The largest absolute Gasteiger partial charge is 0.468 e. The van der Waals surface area contributed by atoms with Crippen LogP contribution in [0.4, 0.5) is 0 Å². The van der Waals surface area contributed by atoms with E-state index in [1.807, 2.05) is 6.07 Å². The lowest BCUT2D eigenvalue weighted by Gasteiger charge is -2.26. The van der Waals surface area contributed by atoms with Gasteiger partial charge in [0, 0.05) is 19.0 Å². The molecule has 0 saturated carbocycles. The van der Waals surface area contributed by atoms with Crippen LogP contribution in [0.5, 0.6) is 0 Å². The van der Waals surface area contributed by atoms with Gasteiger partial charge in [0.1, 0.15) is 10.8 Å². The first-order valence-electron chi connectivity index (χ1n) is 9.33. The van der Waals surface area contributed by atoms with Crippen molar-refractivity contribution in [2.45, 2.75) is 45.2 Å². The van der Waals surface area contributed by atoms with Crippen molar-refractivity contribution in [2.75, 3.05) is 26.7 Å². The summed E-state index contributed by atoms with van der Waals surface area (Å²) in [6, 6.07) is 4.25. The summed E-state index contributed by atoms with van der Waals surface area (Å²) in [5.74, 6) is 2.27. The molecule has 6 nitrogen and oxygen atoms in total. The predicted molar refractivity (Wildman–Crippen MR) is 107 cm³/mol. The number of nitrogens with one attached hydrogen (secondary N) is 2. The standard InChI is InChI=1S/C19H29N5OS/c1-14(2)15-13-26-18(23-15)12-22-19(20-3)21-11-16(17-7-6-10-25-17)24-8-4-5-9-24/h6-7,10,13-14,16H,4-5,8-9,11-12H2,1-3H3,(H2,20,21,22). The maximum Gasteiger partial charge on any atom is 0.191 e. The van der Waals surface area contributed by atoms with Gasteiger partial charge in [0.15, 0.2) is 5.96 Å². The number of aliphatic imine (C=N–C) groups is 1. The molecule has 142 valence electrons. The molecule has 1 unspecified atom stereocenters. The monoisotopic (exact) mass is 375 g/mol. The molecule has 0 spiro atoms. The molecule has 2 N–H and O–H groups in total. The van der Waals surface area contributed by atoms with E-state index >= 15 is 0 Å². The van der Waals surface area contributed by atoms with E-state index in [0.29, 0.717) is 12.5 Å². The van der Waals surface area contributed by atoms with E-state index in [2.05, 4.69) is 50.8 Å². The Labute approximate surface area is 159 Å². The Kier molecular flexibility index (Phi) is 6.68. The summed E-state index contributed by atoms with van der Waals surface area (Å²) in [7, 11) is 1.80. The zero-order chi connectivity index (χ0) is 18.4. The number of furan rings is 1. The third kappa shape index (κ3) is 4.86. The molecule has 2 aromatic rings. The minimum absolute atomic E-state index is 0.235. The average Bonchev–Trinajstić information content (AvgIpc) is 3.40. The first-order valence-corrected chi connectivity index (χ1v) is 10.2. The minimum Gasteiger partial charge on any atom is -0.468 e. The van der Waals surface area contributed by atoms with Crippen molar-refractivity contribution in [2.24, 2.45) is 4.99 Å². The van der Waals surface area contributed by atoms with Gasteiger partial charge in [-0.15, -0.1) is 11.3 Å². The number of hydrogen-bond acceptors (Lipinski definition) is 5. The van der Waals surface area contributed by atoms with Gasteiger partial charge < -0.3 is 15.1 Å². The Morgan fingerprint density at radius 2 is 2.15 bits per heavy atom. The summed E-state index contributed by atoms with van der Waals surface area (Å²) in [5.41, 5.74) is 1.15. The van der Waals surface area contributed by atoms with Crippen LogP contribution in [0.2, 0.25) is 0 Å². The van der Waals surface area contributed by atoms with Crippen LogP contribution in [0.25, 0.3) is 0 Å². The third-order valence-corrected chi connectivity index (χ3v) is 5.57. The van der Waals surface area contributed by atoms with Crippen LogP contribution in [0.15, 0.2) is 33.2 Å². The molecule has 1 fully saturated rings. The molecule has 0 aromatic carbocycles. The number of thiazole rings is 1. The molecule has 1 aliphatic rings. The maximum atomic E-state index is 5.68. The lowest BCUT2D eigenvalue weighted by atomic mass is 10.2. The molecule has 1 aliphatic heterocycles. The summed E-state index contributed by atoms with van der Waals surface area (Å²) >= 11 is 1.69. The number of aromatic nitrogens is 1. The van der Waals surface area contributed by atoms with Crippen LogP contribution in [0.3, 0.4) is 0 Å². The Morgan fingerprint density at radius 3 is 2.77 bits per heavy atom. The van der Waals surface area contributed by atoms with Gasteiger partial charge in [-0.1, -0.05) is 13.8 Å². The fraction of sp³-hybridized carbons (Fsp3) is 0.579. The number of rotatable bonds is 7. The van der Waals surface area contributed by atoms with Crippen molar-refractivity contribution in [3.8, 4) is 0 Å². The molecule has 2 aromatic heterocycles. The van der Waals surface area contributed by atoms with Crippen LogP contribution in [-0.2, 0) is 6.54 Å². The van der Waals surface area contributed by atoms with E-state index in [1.54, 1.807) is 24.6 Å². The van der Waals surface area contributed by atoms with Crippen molar-refractivity contribution in [3.63, 3.8) is 0 Å². The Bertz CT molecular complexity index is 689. The Hall–Kier alpha value is -1.86. The fourth-order valence-electron chi connectivity index (χ4n) is 3.19. The predicted octanol–water partition coefficient (Wildman–Crippen LogP) is 3.36. The Morgan fingerprint density at radius 1 is 1.35 bits per heavy atom. The molecular formula is C19H29N5OS. The second-order valence-corrected chi connectivity index (χ2v) is 7.84. The van der Waals surface area contributed by atoms with Crippen LogP contribution in [0.1, 0.15) is 55.1 Å². The topological polar surface area (TPSA) is 65.7 Å².